The van der Waals surface area contributed by atoms with Crippen molar-refractivity contribution in [3.05, 3.63) is 58.1 Å². The topological polar surface area (TPSA) is 15.8 Å². The third-order valence-corrected chi connectivity index (χ3v) is 4.12. The first-order valence-corrected chi connectivity index (χ1v) is 7.57. The number of hydrogen-bond donors (Lipinski definition) is 1. The van der Waals surface area contributed by atoms with Gasteiger partial charge in [0.05, 0.1) is 12.1 Å². The van der Waals surface area contributed by atoms with Crippen LogP contribution in [0.2, 0.25) is 5.02 Å². The average molecular weight is 338 g/mol. The van der Waals surface area contributed by atoms with Crippen LogP contribution in [0, 0.1) is 13.8 Å². The van der Waals surface area contributed by atoms with Crippen LogP contribution in [-0.2, 0) is 6.42 Å². The molecule has 1 nitrogen and oxygen atoms in total. The van der Waals surface area contributed by atoms with Crippen molar-refractivity contribution in [2.45, 2.75) is 26.4 Å². The number of alkyl halides is 3. The summed E-state index contributed by atoms with van der Waals surface area (Å²) in [7, 11) is 0. The number of H-pyrrole nitrogens is 1. The van der Waals surface area contributed by atoms with Gasteiger partial charge in [0, 0.05) is 15.9 Å². The van der Waals surface area contributed by atoms with Crippen LogP contribution in [0.4, 0.5) is 13.2 Å². The van der Waals surface area contributed by atoms with E-state index in [1.54, 1.807) is 30.3 Å². The molecule has 0 fully saturated rings. The van der Waals surface area contributed by atoms with Crippen molar-refractivity contribution in [2.75, 3.05) is 0 Å². The molecule has 0 aliphatic rings. The van der Waals surface area contributed by atoms with Gasteiger partial charge in [-0.2, -0.15) is 13.2 Å². The molecule has 1 aromatic heterocycles. The molecule has 120 valence electrons. The smallest absolute Gasteiger partial charge is 0.354 e. The van der Waals surface area contributed by atoms with Gasteiger partial charge in [0.2, 0.25) is 0 Å². The third kappa shape index (κ3) is 3.22. The molecule has 1 heterocycles. The number of nitrogens with one attached hydrogen (secondary N) is 1. The standard InChI is InChI=1S/C18H15ClF3N/c1-10-7-11(2)16-14(8-10)15(9-18(20,21)22)17(23-16)12-3-5-13(19)6-4-12/h3-8,23H,9H2,1-2H3. The molecule has 3 rings (SSSR count). The van der Waals surface area contributed by atoms with Gasteiger partial charge < -0.3 is 4.98 Å². The van der Waals surface area contributed by atoms with Crippen LogP contribution in [0.5, 0.6) is 0 Å². The summed E-state index contributed by atoms with van der Waals surface area (Å²) in [6.45, 7) is 3.79. The van der Waals surface area contributed by atoms with E-state index in [4.69, 9.17) is 11.6 Å². The van der Waals surface area contributed by atoms with Gasteiger partial charge in [-0.1, -0.05) is 35.4 Å². The van der Waals surface area contributed by atoms with Gasteiger partial charge >= 0.3 is 6.18 Å². The van der Waals surface area contributed by atoms with Crippen molar-refractivity contribution in [2.24, 2.45) is 0 Å². The fourth-order valence-corrected chi connectivity index (χ4v) is 3.08. The molecule has 0 saturated carbocycles. The lowest BCUT2D eigenvalue weighted by Crippen LogP contribution is -2.12. The molecule has 2 aromatic carbocycles. The normalized spacial score (nSPS) is 12.1. The molecule has 3 aromatic rings. The van der Waals surface area contributed by atoms with Crippen LogP contribution < -0.4 is 0 Å². The van der Waals surface area contributed by atoms with E-state index in [2.05, 4.69) is 4.98 Å². The van der Waals surface area contributed by atoms with Crippen molar-refractivity contribution in [3.8, 4) is 11.3 Å². The predicted octanol–water partition coefficient (Wildman–Crippen LogP) is 6.21. The maximum Gasteiger partial charge on any atom is 0.393 e. The molecular weight excluding hydrogens is 323 g/mol. The summed E-state index contributed by atoms with van der Waals surface area (Å²) in [5, 5.41) is 1.18. The molecule has 23 heavy (non-hydrogen) atoms. The van der Waals surface area contributed by atoms with Crippen LogP contribution >= 0.6 is 11.6 Å². The molecule has 0 aliphatic carbocycles. The fourth-order valence-electron chi connectivity index (χ4n) is 2.95. The quantitative estimate of drug-likeness (QED) is 0.572. The van der Waals surface area contributed by atoms with Gasteiger partial charge in [-0.15, -0.1) is 0 Å². The van der Waals surface area contributed by atoms with E-state index in [-0.39, 0.29) is 5.56 Å². The minimum absolute atomic E-state index is 0.279. The third-order valence-electron chi connectivity index (χ3n) is 3.87. The molecule has 0 bridgehead atoms. The molecule has 0 atom stereocenters. The maximum absolute atomic E-state index is 13.1. The molecule has 0 unspecified atom stereocenters. The van der Waals surface area contributed by atoms with Gasteiger partial charge in [0.25, 0.3) is 0 Å². The van der Waals surface area contributed by atoms with Crippen LogP contribution in [0.25, 0.3) is 22.2 Å². The second kappa shape index (κ2) is 5.60. The van der Waals surface area contributed by atoms with Gasteiger partial charge in [-0.3, -0.25) is 0 Å². The lowest BCUT2D eigenvalue weighted by atomic mass is 10.00. The number of benzene rings is 2. The number of hydrogen-bond acceptors (Lipinski definition) is 0. The zero-order valence-corrected chi connectivity index (χ0v) is 13.4. The number of aryl methyl sites for hydroxylation is 2. The lowest BCUT2D eigenvalue weighted by molar-refractivity contribution is -0.126. The highest BCUT2D eigenvalue weighted by Crippen LogP contribution is 2.36. The first kappa shape index (κ1) is 15.9. The van der Waals surface area contributed by atoms with Crippen LogP contribution in [0.1, 0.15) is 16.7 Å². The maximum atomic E-state index is 13.1. The summed E-state index contributed by atoms with van der Waals surface area (Å²) in [6, 6.07) is 10.6. The molecule has 1 N–H and O–H groups in total. The van der Waals surface area contributed by atoms with Crippen molar-refractivity contribution >= 4 is 22.5 Å². The fraction of sp³-hybridized carbons (Fsp3) is 0.222. The Bertz CT molecular complexity index is 861. The Morgan fingerprint density at radius 1 is 1.04 bits per heavy atom. The number of halogens is 4. The Morgan fingerprint density at radius 3 is 2.30 bits per heavy atom. The Kier molecular flexibility index (Phi) is 3.88. The highest BCUT2D eigenvalue weighted by Gasteiger charge is 2.31. The first-order chi connectivity index (χ1) is 10.7. The minimum atomic E-state index is -4.27. The van der Waals surface area contributed by atoms with Gasteiger partial charge in [-0.25, -0.2) is 0 Å². The van der Waals surface area contributed by atoms with Crippen LogP contribution in [0.3, 0.4) is 0 Å². The molecular formula is C18H15ClF3N. The zero-order chi connectivity index (χ0) is 16.8. The van der Waals surface area contributed by atoms with Gasteiger partial charge in [0.1, 0.15) is 0 Å². The van der Waals surface area contributed by atoms with Crippen LogP contribution in [0.15, 0.2) is 36.4 Å². The first-order valence-electron chi connectivity index (χ1n) is 7.19. The lowest BCUT2D eigenvalue weighted by Gasteiger charge is -2.09. The number of aromatic nitrogens is 1. The van der Waals surface area contributed by atoms with E-state index in [0.717, 1.165) is 16.6 Å². The van der Waals surface area contributed by atoms with E-state index in [9.17, 15) is 13.2 Å². The Labute approximate surface area is 137 Å². The van der Waals surface area contributed by atoms with Gasteiger partial charge in [-0.05, 0) is 48.7 Å². The molecule has 0 amide bonds. The SMILES string of the molecule is Cc1cc(C)c2[nH]c(-c3ccc(Cl)cc3)c(CC(F)(F)F)c2c1. The summed E-state index contributed by atoms with van der Waals surface area (Å²) in [5.74, 6) is 0. The second-order valence-corrected chi connectivity index (χ2v) is 6.22. The molecule has 5 heteroatoms. The summed E-state index contributed by atoms with van der Waals surface area (Å²) < 4.78 is 39.2. The van der Waals surface area contributed by atoms with E-state index in [1.165, 1.54) is 0 Å². The zero-order valence-electron chi connectivity index (χ0n) is 12.7. The Hall–Kier alpha value is -1.94. The van der Waals surface area contributed by atoms with Gasteiger partial charge in [0.15, 0.2) is 0 Å². The van der Waals surface area contributed by atoms with Crippen molar-refractivity contribution < 1.29 is 13.2 Å². The molecule has 0 saturated heterocycles. The molecule has 0 radical (unpaired) electrons. The summed E-state index contributed by atoms with van der Waals surface area (Å²) in [5.41, 5.74) is 4.11. The van der Waals surface area contributed by atoms with Crippen molar-refractivity contribution in [3.63, 3.8) is 0 Å². The second-order valence-electron chi connectivity index (χ2n) is 5.78. The number of aromatic amines is 1. The number of rotatable bonds is 2. The summed E-state index contributed by atoms with van der Waals surface area (Å²) in [4.78, 5) is 3.17. The molecule has 0 aliphatic heterocycles. The van der Waals surface area contributed by atoms with E-state index >= 15 is 0 Å². The van der Waals surface area contributed by atoms with E-state index < -0.39 is 12.6 Å². The van der Waals surface area contributed by atoms with E-state index in [1.807, 2.05) is 19.9 Å². The minimum Gasteiger partial charge on any atom is -0.354 e. The predicted molar refractivity (Wildman–Crippen MR) is 88.0 cm³/mol. The highest BCUT2D eigenvalue weighted by atomic mass is 35.5. The summed E-state index contributed by atoms with van der Waals surface area (Å²) in [6.07, 6.45) is -5.23. The van der Waals surface area contributed by atoms with Crippen LogP contribution in [-0.4, -0.2) is 11.2 Å². The van der Waals surface area contributed by atoms with Crippen molar-refractivity contribution in [1.82, 2.24) is 4.98 Å². The highest BCUT2D eigenvalue weighted by molar-refractivity contribution is 6.30. The molecule has 0 spiro atoms. The number of fused-ring (bicyclic) bond motifs is 1. The summed E-state index contributed by atoms with van der Waals surface area (Å²) >= 11 is 5.88. The Balaban J connectivity index is 2.29. The van der Waals surface area contributed by atoms with E-state index in [0.29, 0.717) is 21.7 Å². The monoisotopic (exact) mass is 337 g/mol. The van der Waals surface area contributed by atoms with Crippen molar-refractivity contribution in [1.29, 1.82) is 0 Å². The Morgan fingerprint density at radius 2 is 1.70 bits per heavy atom. The average Bonchev–Trinajstić information content (AvgIpc) is 2.77. The largest absolute Gasteiger partial charge is 0.393 e.